The number of carbonyl (C=O) groups excluding carboxylic acids is 1. The second-order valence-corrected chi connectivity index (χ2v) is 5.75. The Bertz CT molecular complexity index is 572. The van der Waals surface area contributed by atoms with Crippen molar-refractivity contribution in [2.24, 2.45) is 5.92 Å². The standard InChI is InChI=1S/C15H21N3O3/c1-9-5-4-6-16-14(9)15(19)17-12-8-13(18(20)21)11(3)7-10(12)2/h7-9,14,16H,4-6H2,1-3H3,(H,17,19). The third-order valence-corrected chi connectivity index (χ3v) is 4.05. The number of amides is 1. The second-order valence-electron chi connectivity index (χ2n) is 5.75. The summed E-state index contributed by atoms with van der Waals surface area (Å²) < 4.78 is 0. The SMILES string of the molecule is Cc1cc(C)c([N+](=O)[O-])cc1NC(=O)C1NCCCC1C. The normalized spacial score (nSPS) is 21.9. The lowest BCUT2D eigenvalue weighted by Gasteiger charge is -2.29. The van der Waals surface area contributed by atoms with Crippen LogP contribution in [0.4, 0.5) is 11.4 Å². The number of piperidine rings is 1. The fourth-order valence-electron chi connectivity index (χ4n) is 2.78. The first-order chi connectivity index (χ1) is 9.90. The van der Waals surface area contributed by atoms with Crippen molar-refractivity contribution >= 4 is 17.3 Å². The summed E-state index contributed by atoms with van der Waals surface area (Å²) in [5.74, 6) is 0.142. The van der Waals surface area contributed by atoms with Crippen molar-refractivity contribution in [3.8, 4) is 0 Å². The minimum absolute atomic E-state index is 0.0283. The quantitative estimate of drug-likeness (QED) is 0.662. The van der Waals surface area contributed by atoms with E-state index in [9.17, 15) is 14.9 Å². The molecule has 2 unspecified atom stereocenters. The Morgan fingerprint density at radius 1 is 1.38 bits per heavy atom. The molecule has 1 saturated heterocycles. The minimum Gasteiger partial charge on any atom is -0.324 e. The molecule has 1 aliphatic rings. The van der Waals surface area contributed by atoms with Gasteiger partial charge in [-0.05, 0) is 50.8 Å². The van der Waals surface area contributed by atoms with E-state index >= 15 is 0 Å². The number of carbonyl (C=O) groups is 1. The van der Waals surface area contributed by atoms with E-state index < -0.39 is 4.92 Å². The summed E-state index contributed by atoms with van der Waals surface area (Å²) in [6, 6.07) is 2.93. The molecule has 114 valence electrons. The largest absolute Gasteiger partial charge is 0.324 e. The monoisotopic (exact) mass is 291 g/mol. The molecule has 2 N–H and O–H groups in total. The molecule has 1 amide bonds. The van der Waals surface area contributed by atoms with Crippen molar-refractivity contribution in [2.75, 3.05) is 11.9 Å². The van der Waals surface area contributed by atoms with Gasteiger partial charge in [-0.3, -0.25) is 14.9 Å². The lowest BCUT2D eigenvalue weighted by atomic mass is 9.92. The topological polar surface area (TPSA) is 84.3 Å². The number of nitro groups is 1. The van der Waals surface area contributed by atoms with Gasteiger partial charge in [-0.25, -0.2) is 0 Å². The second kappa shape index (κ2) is 6.22. The predicted octanol–water partition coefficient (Wildman–Crippen LogP) is 2.54. The van der Waals surface area contributed by atoms with Crippen LogP contribution in [0.1, 0.15) is 30.9 Å². The maximum Gasteiger partial charge on any atom is 0.274 e. The average Bonchev–Trinajstić information content (AvgIpc) is 2.41. The van der Waals surface area contributed by atoms with Crippen LogP contribution in [0.2, 0.25) is 0 Å². The molecule has 1 fully saturated rings. The fourth-order valence-corrected chi connectivity index (χ4v) is 2.78. The first-order valence-electron chi connectivity index (χ1n) is 7.20. The lowest BCUT2D eigenvalue weighted by molar-refractivity contribution is -0.385. The zero-order valence-corrected chi connectivity index (χ0v) is 12.6. The van der Waals surface area contributed by atoms with Crippen LogP contribution in [0.15, 0.2) is 12.1 Å². The van der Waals surface area contributed by atoms with E-state index in [0.717, 1.165) is 24.9 Å². The third kappa shape index (κ3) is 3.39. The summed E-state index contributed by atoms with van der Waals surface area (Å²) in [7, 11) is 0. The Hall–Kier alpha value is -1.95. The van der Waals surface area contributed by atoms with Crippen molar-refractivity contribution in [2.45, 2.75) is 39.7 Å². The summed E-state index contributed by atoms with van der Waals surface area (Å²) in [5.41, 5.74) is 1.96. The molecule has 2 rings (SSSR count). The van der Waals surface area contributed by atoms with E-state index in [-0.39, 0.29) is 23.6 Å². The molecule has 0 spiro atoms. The van der Waals surface area contributed by atoms with Gasteiger partial charge >= 0.3 is 0 Å². The van der Waals surface area contributed by atoms with Gasteiger partial charge in [0.15, 0.2) is 0 Å². The third-order valence-electron chi connectivity index (χ3n) is 4.05. The summed E-state index contributed by atoms with van der Waals surface area (Å²) in [5, 5.41) is 17.0. The molecule has 1 aromatic rings. The number of nitro benzene ring substituents is 1. The van der Waals surface area contributed by atoms with Crippen LogP contribution < -0.4 is 10.6 Å². The van der Waals surface area contributed by atoms with Gasteiger partial charge in [-0.15, -0.1) is 0 Å². The van der Waals surface area contributed by atoms with Crippen LogP contribution in [0.25, 0.3) is 0 Å². The zero-order valence-electron chi connectivity index (χ0n) is 12.6. The van der Waals surface area contributed by atoms with Crippen LogP contribution in [-0.2, 0) is 4.79 Å². The molecule has 2 atom stereocenters. The van der Waals surface area contributed by atoms with Gasteiger partial charge in [0.25, 0.3) is 5.69 Å². The fraction of sp³-hybridized carbons (Fsp3) is 0.533. The molecule has 0 aliphatic carbocycles. The minimum atomic E-state index is -0.425. The molecular formula is C15H21N3O3. The van der Waals surface area contributed by atoms with E-state index in [4.69, 9.17) is 0 Å². The molecule has 0 aromatic heterocycles. The Kier molecular flexibility index (Phi) is 4.57. The van der Waals surface area contributed by atoms with Crippen molar-refractivity contribution in [1.29, 1.82) is 0 Å². The molecule has 6 heteroatoms. The van der Waals surface area contributed by atoms with Crippen LogP contribution in [-0.4, -0.2) is 23.4 Å². The molecular weight excluding hydrogens is 270 g/mol. The molecule has 0 bridgehead atoms. The van der Waals surface area contributed by atoms with E-state index in [2.05, 4.69) is 10.6 Å². The first-order valence-corrected chi connectivity index (χ1v) is 7.20. The Morgan fingerprint density at radius 3 is 2.71 bits per heavy atom. The number of nitrogens with one attached hydrogen (secondary N) is 2. The van der Waals surface area contributed by atoms with Crippen molar-refractivity contribution in [3.05, 3.63) is 33.4 Å². The molecule has 1 heterocycles. The van der Waals surface area contributed by atoms with Gasteiger partial charge in [0.05, 0.1) is 16.7 Å². The summed E-state index contributed by atoms with van der Waals surface area (Å²) >= 11 is 0. The van der Waals surface area contributed by atoms with Crippen molar-refractivity contribution in [3.63, 3.8) is 0 Å². The average molecular weight is 291 g/mol. The lowest BCUT2D eigenvalue weighted by Crippen LogP contribution is -2.48. The van der Waals surface area contributed by atoms with Gasteiger partial charge in [0, 0.05) is 11.6 Å². The maximum atomic E-state index is 12.4. The maximum absolute atomic E-state index is 12.4. The molecule has 0 saturated carbocycles. The van der Waals surface area contributed by atoms with Gasteiger partial charge in [0.1, 0.15) is 0 Å². The molecule has 1 aliphatic heterocycles. The van der Waals surface area contributed by atoms with Crippen molar-refractivity contribution < 1.29 is 9.72 Å². The molecule has 21 heavy (non-hydrogen) atoms. The number of hydrogen-bond donors (Lipinski definition) is 2. The highest BCUT2D eigenvalue weighted by molar-refractivity contribution is 5.96. The van der Waals surface area contributed by atoms with Crippen LogP contribution >= 0.6 is 0 Å². The van der Waals surface area contributed by atoms with Crippen LogP contribution in [0.5, 0.6) is 0 Å². The Labute approximate surface area is 124 Å². The van der Waals surface area contributed by atoms with Gasteiger partial charge < -0.3 is 10.6 Å². The van der Waals surface area contributed by atoms with E-state index in [1.54, 1.807) is 13.0 Å². The van der Waals surface area contributed by atoms with Gasteiger partial charge in [0.2, 0.25) is 5.91 Å². The summed E-state index contributed by atoms with van der Waals surface area (Å²) in [6.45, 7) is 6.40. The highest BCUT2D eigenvalue weighted by atomic mass is 16.6. The number of rotatable bonds is 3. The molecule has 6 nitrogen and oxygen atoms in total. The number of nitrogens with zero attached hydrogens (tertiary/aromatic N) is 1. The van der Waals surface area contributed by atoms with Gasteiger partial charge in [-0.1, -0.05) is 6.92 Å². The smallest absolute Gasteiger partial charge is 0.274 e. The highest BCUT2D eigenvalue weighted by Crippen LogP contribution is 2.27. The zero-order chi connectivity index (χ0) is 15.6. The Balaban J connectivity index is 2.20. The van der Waals surface area contributed by atoms with Crippen LogP contribution in [0.3, 0.4) is 0 Å². The Morgan fingerprint density at radius 2 is 2.10 bits per heavy atom. The van der Waals surface area contributed by atoms with Crippen molar-refractivity contribution in [1.82, 2.24) is 5.32 Å². The highest BCUT2D eigenvalue weighted by Gasteiger charge is 2.28. The van der Waals surface area contributed by atoms with Crippen LogP contribution in [0, 0.1) is 29.9 Å². The number of anilines is 1. The first kappa shape index (κ1) is 15.4. The number of hydrogen-bond acceptors (Lipinski definition) is 4. The number of benzene rings is 1. The molecule has 1 aromatic carbocycles. The summed E-state index contributed by atoms with van der Waals surface area (Å²) in [4.78, 5) is 22.9. The predicted molar refractivity (Wildman–Crippen MR) is 81.4 cm³/mol. The van der Waals surface area contributed by atoms with E-state index in [0.29, 0.717) is 11.3 Å². The van der Waals surface area contributed by atoms with Gasteiger partial charge in [-0.2, -0.15) is 0 Å². The van der Waals surface area contributed by atoms with E-state index in [1.165, 1.54) is 6.07 Å². The molecule has 0 radical (unpaired) electrons. The number of aryl methyl sites for hydroxylation is 2. The van der Waals surface area contributed by atoms with E-state index in [1.807, 2.05) is 13.8 Å². The summed E-state index contributed by atoms with van der Waals surface area (Å²) in [6.07, 6.45) is 2.08.